The average molecular weight is 409 g/mol. The lowest BCUT2D eigenvalue weighted by Gasteiger charge is -2.18. The Morgan fingerprint density at radius 1 is 0.862 bits per heavy atom. The van der Waals surface area contributed by atoms with E-state index in [1.807, 2.05) is 12.1 Å². The van der Waals surface area contributed by atoms with Crippen LogP contribution in [0.5, 0.6) is 0 Å². The van der Waals surface area contributed by atoms with Gasteiger partial charge in [0.2, 0.25) is 0 Å². The Morgan fingerprint density at radius 3 is 2.03 bits per heavy atom. The van der Waals surface area contributed by atoms with Gasteiger partial charge < -0.3 is 4.90 Å². The number of nitrogens with one attached hydrogen (secondary N) is 1. The van der Waals surface area contributed by atoms with E-state index < -0.39 is 10.0 Å². The van der Waals surface area contributed by atoms with Crippen LogP contribution in [-0.4, -0.2) is 26.3 Å². The van der Waals surface area contributed by atoms with Gasteiger partial charge in [0, 0.05) is 24.8 Å². The summed E-state index contributed by atoms with van der Waals surface area (Å²) in [5.74, 6) is -0.123. The van der Waals surface area contributed by atoms with Crippen molar-refractivity contribution in [3.05, 3.63) is 95.6 Å². The number of rotatable bonds is 7. The summed E-state index contributed by atoms with van der Waals surface area (Å²) in [6.45, 7) is 2.61. The number of sulfonamides is 1. The minimum atomic E-state index is -3.65. The zero-order valence-electron chi connectivity index (χ0n) is 16.5. The summed E-state index contributed by atoms with van der Waals surface area (Å²) in [5, 5.41) is 0. The molecule has 0 aromatic heterocycles. The van der Waals surface area contributed by atoms with Crippen LogP contribution in [0.1, 0.15) is 28.4 Å². The molecule has 0 saturated heterocycles. The predicted octanol–water partition coefficient (Wildman–Crippen LogP) is 4.32. The topological polar surface area (TPSA) is 66.5 Å². The standard InChI is InChI=1S/C23H24N2O3S/c1-3-18-9-11-19(12-10-18)17-25(2)23(26)20-13-15-21(16-14-20)24-29(27,28)22-7-5-4-6-8-22/h4-16,24H,3,17H2,1-2H3. The lowest BCUT2D eigenvalue weighted by atomic mass is 10.1. The zero-order valence-corrected chi connectivity index (χ0v) is 17.3. The first-order chi connectivity index (χ1) is 13.9. The van der Waals surface area contributed by atoms with Crippen molar-refractivity contribution in [2.75, 3.05) is 11.8 Å². The van der Waals surface area contributed by atoms with Crippen molar-refractivity contribution in [1.82, 2.24) is 4.90 Å². The number of aryl methyl sites for hydroxylation is 1. The number of nitrogens with zero attached hydrogens (tertiary/aromatic N) is 1. The van der Waals surface area contributed by atoms with Crippen LogP contribution in [0.2, 0.25) is 0 Å². The molecular formula is C23H24N2O3S. The molecule has 3 rings (SSSR count). The van der Waals surface area contributed by atoms with Gasteiger partial charge in [0.1, 0.15) is 0 Å². The maximum atomic E-state index is 12.7. The molecule has 1 amide bonds. The van der Waals surface area contributed by atoms with Gasteiger partial charge in [-0.1, -0.05) is 49.4 Å². The summed E-state index contributed by atoms with van der Waals surface area (Å²) in [6, 6.07) is 22.8. The third-order valence-electron chi connectivity index (χ3n) is 4.64. The molecule has 0 spiro atoms. The number of carbonyl (C=O) groups excluding carboxylic acids is 1. The van der Waals surface area contributed by atoms with Crippen molar-refractivity contribution >= 4 is 21.6 Å². The molecule has 0 aliphatic heterocycles. The molecule has 0 aliphatic rings. The van der Waals surface area contributed by atoms with Crippen molar-refractivity contribution in [2.24, 2.45) is 0 Å². The van der Waals surface area contributed by atoms with E-state index in [2.05, 4.69) is 23.8 Å². The van der Waals surface area contributed by atoms with Gasteiger partial charge in [-0.25, -0.2) is 8.42 Å². The smallest absolute Gasteiger partial charge is 0.261 e. The largest absolute Gasteiger partial charge is 0.337 e. The molecule has 0 radical (unpaired) electrons. The van der Waals surface area contributed by atoms with E-state index in [1.54, 1.807) is 54.4 Å². The number of hydrogen-bond donors (Lipinski definition) is 1. The Hall–Kier alpha value is -3.12. The molecule has 0 unspecified atom stereocenters. The van der Waals surface area contributed by atoms with E-state index >= 15 is 0 Å². The Labute approximate surface area is 172 Å². The van der Waals surface area contributed by atoms with Crippen LogP contribution >= 0.6 is 0 Å². The summed E-state index contributed by atoms with van der Waals surface area (Å²) < 4.78 is 27.3. The van der Waals surface area contributed by atoms with E-state index in [4.69, 9.17) is 0 Å². The van der Waals surface area contributed by atoms with Crippen LogP contribution in [0.25, 0.3) is 0 Å². The quantitative estimate of drug-likeness (QED) is 0.633. The van der Waals surface area contributed by atoms with Gasteiger partial charge in [-0.05, 0) is 53.9 Å². The maximum Gasteiger partial charge on any atom is 0.261 e. The van der Waals surface area contributed by atoms with E-state index in [-0.39, 0.29) is 10.8 Å². The van der Waals surface area contributed by atoms with E-state index in [0.29, 0.717) is 17.8 Å². The molecule has 0 heterocycles. The van der Waals surface area contributed by atoms with E-state index in [9.17, 15) is 13.2 Å². The maximum absolute atomic E-state index is 12.7. The monoisotopic (exact) mass is 408 g/mol. The molecule has 29 heavy (non-hydrogen) atoms. The number of benzene rings is 3. The average Bonchev–Trinajstić information content (AvgIpc) is 2.74. The Bertz CT molecular complexity index is 1060. The number of hydrogen-bond acceptors (Lipinski definition) is 3. The van der Waals surface area contributed by atoms with Crippen molar-refractivity contribution in [2.45, 2.75) is 24.8 Å². The third kappa shape index (κ3) is 5.23. The fourth-order valence-electron chi connectivity index (χ4n) is 2.94. The van der Waals surface area contributed by atoms with E-state index in [0.717, 1.165) is 12.0 Å². The summed E-state index contributed by atoms with van der Waals surface area (Å²) >= 11 is 0. The molecule has 0 aliphatic carbocycles. The summed E-state index contributed by atoms with van der Waals surface area (Å²) in [7, 11) is -1.90. The Morgan fingerprint density at radius 2 is 1.45 bits per heavy atom. The summed E-state index contributed by atoms with van der Waals surface area (Å²) in [6.07, 6.45) is 0.982. The second-order valence-electron chi connectivity index (χ2n) is 6.83. The highest BCUT2D eigenvalue weighted by Crippen LogP contribution is 2.17. The number of amides is 1. The Balaban J connectivity index is 1.66. The highest BCUT2D eigenvalue weighted by atomic mass is 32.2. The molecule has 0 bridgehead atoms. The lowest BCUT2D eigenvalue weighted by molar-refractivity contribution is 0.0785. The molecule has 0 fully saturated rings. The van der Waals surface area contributed by atoms with Crippen molar-refractivity contribution in [1.29, 1.82) is 0 Å². The van der Waals surface area contributed by atoms with Gasteiger partial charge >= 0.3 is 0 Å². The minimum absolute atomic E-state index is 0.123. The highest BCUT2D eigenvalue weighted by Gasteiger charge is 2.15. The second-order valence-corrected chi connectivity index (χ2v) is 8.51. The lowest BCUT2D eigenvalue weighted by Crippen LogP contribution is -2.26. The van der Waals surface area contributed by atoms with Gasteiger partial charge in [-0.2, -0.15) is 0 Å². The van der Waals surface area contributed by atoms with Crippen LogP contribution in [0.4, 0.5) is 5.69 Å². The summed E-state index contributed by atoms with van der Waals surface area (Å²) in [4.78, 5) is 14.5. The fourth-order valence-corrected chi connectivity index (χ4v) is 4.02. The van der Waals surface area contributed by atoms with Crippen LogP contribution in [-0.2, 0) is 23.0 Å². The molecule has 0 atom stereocenters. The third-order valence-corrected chi connectivity index (χ3v) is 6.03. The van der Waals surface area contributed by atoms with Crippen LogP contribution < -0.4 is 4.72 Å². The first-order valence-corrected chi connectivity index (χ1v) is 10.9. The zero-order chi connectivity index (χ0) is 20.9. The van der Waals surface area contributed by atoms with Gasteiger partial charge in [-0.15, -0.1) is 0 Å². The van der Waals surface area contributed by atoms with Crippen LogP contribution in [0.3, 0.4) is 0 Å². The van der Waals surface area contributed by atoms with Gasteiger partial charge in [0.05, 0.1) is 4.90 Å². The minimum Gasteiger partial charge on any atom is -0.337 e. The molecule has 5 nitrogen and oxygen atoms in total. The molecular weight excluding hydrogens is 384 g/mol. The van der Waals surface area contributed by atoms with E-state index in [1.165, 1.54) is 17.7 Å². The molecule has 150 valence electrons. The summed E-state index contributed by atoms with van der Waals surface area (Å²) in [5.41, 5.74) is 3.23. The number of anilines is 1. The molecule has 1 N–H and O–H groups in total. The van der Waals surface area contributed by atoms with Gasteiger partial charge in [0.15, 0.2) is 0 Å². The Kier molecular flexibility index (Phi) is 6.34. The van der Waals surface area contributed by atoms with Crippen LogP contribution in [0.15, 0.2) is 83.8 Å². The second kappa shape index (κ2) is 8.92. The number of carbonyl (C=O) groups is 1. The molecule has 0 saturated carbocycles. The molecule has 3 aromatic rings. The van der Waals surface area contributed by atoms with Gasteiger partial charge in [-0.3, -0.25) is 9.52 Å². The van der Waals surface area contributed by atoms with Crippen LogP contribution in [0, 0.1) is 0 Å². The fraction of sp³-hybridized carbons (Fsp3) is 0.174. The van der Waals surface area contributed by atoms with Crippen molar-refractivity contribution < 1.29 is 13.2 Å². The molecule has 6 heteroatoms. The first-order valence-electron chi connectivity index (χ1n) is 9.40. The normalized spacial score (nSPS) is 11.1. The first kappa shape index (κ1) is 20.6. The SMILES string of the molecule is CCc1ccc(CN(C)C(=O)c2ccc(NS(=O)(=O)c3ccccc3)cc2)cc1. The highest BCUT2D eigenvalue weighted by molar-refractivity contribution is 7.92. The predicted molar refractivity (Wildman–Crippen MR) is 115 cm³/mol. The van der Waals surface area contributed by atoms with Crippen molar-refractivity contribution in [3.63, 3.8) is 0 Å². The molecule has 3 aromatic carbocycles. The van der Waals surface area contributed by atoms with Crippen molar-refractivity contribution in [3.8, 4) is 0 Å². The van der Waals surface area contributed by atoms with Gasteiger partial charge in [0.25, 0.3) is 15.9 Å².